The van der Waals surface area contributed by atoms with E-state index in [4.69, 9.17) is 4.52 Å². The van der Waals surface area contributed by atoms with Crippen molar-refractivity contribution in [2.75, 3.05) is 0 Å². The van der Waals surface area contributed by atoms with Crippen molar-refractivity contribution in [1.29, 1.82) is 0 Å². The first-order chi connectivity index (χ1) is 13.9. The normalized spacial score (nSPS) is 18.8. The molecule has 3 amide bonds. The van der Waals surface area contributed by atoms with Crippen molar-refractivity contribution in [2.24, 2.45) is 0 Å². The zero-order chi connectivity index (χ0) is 20.2. The summed E-state index contributed by atoms with van der Waals surface area (Å²) in [7, 11) is 0. The first-order valence-electron chi connectivity index (χ1n) is 8.79. The third-order valence-corrected chi connectivity index (χ3v) is 5.00. The number of halogens is 1. The summed E-state index contributed by atoms with van der Waals surface area (Å²) in [6.07, 6.45) is 0. The Morgan fingerprint density at radius 3 is 2.59 bits per heavy atom. The summed E-state index contributed by atoms with van der Waals surface area (Å²) in [5.74, 6) is -0.0981. The molecule has 2 aromatic heterocycles. The monoisotopic (exact) mass is 391 g/mol. The molecule has 9 heteroatoms. The second-order valence-corrected chi connectivity index (χ2v) is 6.95. The van der Waals surface area contributed by atoms with E-state index in [1.807, 2.05) is 0 Å². The van der Waals surface area contributed by atoms with Crippen LogP contribution in [-0.4, -0.2) is 27.1 Å². The maximum absolute atomic E-state index is 13.4. The number of amides is 3. The van der Waals surface area contributed by atoms with E-state index < -0.39 is 17.5 Å². The molecule has 0 spiro atoms. The highest BCUT2D eigenvalue weighted by atomic mass is 19.1. The van der Waals surface area contributed by atoms with Gasteiger partial charge in [-0.2, -0.15) is 4.98 Å². The summed E-state index contributed by atoms with van der Waals surface area (Å²) < 4.78 is 18.7. The maximum Gasteiger partial charge on any atom is 0.322 e. The van der Waals surface area contributed by atoms with E-state index in [0.29, 0.717) is 28.0 Å². The molecule has 1 atom stereocenters. The van der Waals surface area contributed by atoms with Crippen molar-refractivity contribution in [3.8, 4) is 23.0 Å². The lowest BCUT2D eigenvalue weighted by molar-refractivity contribution is -0.123. The summed E-state index contributed by atoms with van der Waals surface area (Å²) in [6, 6.07) is 12.6. The van der Waals surface area contributed by atoms with Crippen LogP contribution in [0.3, 0.4) is 0 Å². The average molecular weight is 391 g/mol. The van der Waals surface area contributed by atoms with Crippen molar-refractivity contribution >= 4 is 22.8 Å². The molecule has 8 nitrogen and oxygen atoms in total. The Hall–Kier alpha value is -4.01. The van der Waals surface area contributed by atoms with Gasteiger partial charge in [-0.1, -0.05) is 29.4 Å². The molecule has 1 aliphatic heterocycles. The lowest BCUT2D eigenvalue weighted by atomic mass is 9.91. The van der Waals surface area contributed by atoms with Gasteiger partial charge in [-0.05, 0) is 36.8 Å². The summed E-state index contributed by atoms with van der Waals surface area (Å²) in [6.45, 7) is 1.63. The molecular weight excluding hydrogens is 377 g/mol. The molecular formula is C20H14FN5O3. The van der Waals surface area contributed by atoms with Crippen LogP contribution >= 0.6 is 0 Å². The summed E-state index contributed by atoms with van der Waals surface area (Å²) in [5.41, 5.74) is 1.53. The maximum atomic E-state index is 13.4. The molecule has 0 bridgehead atoms. The zero-order valence-corrected chi connectivity index (χ0v) is 15.1. The van der Waals surface area contributed by atoms with Crippen molar-refractivity contribution in [2.45, 2.75) is 12.5 Å². The minimum Gasteiger partial charge on any atom is -0.351 e. The Morgan fingerprint density at radius 1 is 1.07 bits per heavy atom. The van der Waals surface area contributed by atoms with E-state index in [1.54, 1.807) is 43.3 Å². The molecule has 0 saturated carbocycles. The fourth-order valence-electron chi connectivity index (χ4n) is 3.37. The van der Waals surface area contributed by atoms with Gasteiger partial charge in [0.15, 0.2) is 0 Å². The Morgan fingerprint density at radius 2 is 1.86 bits per heavy atom. The highest BCUT2D eigenvalue weighted by Gasteiger charge is 2.43. The van der Waals surface area contributed by atoms with E-state index >= 15 is 0 Å². The van der Waals surface area contributed by atoms with Crippen LogP contribution in [0.2, 0.25) is 0 Å². The number of aromatic amines is 1. The molecule has 29 heavy (non-hydrogen) atoms. The lowest BCUT2D eigenvalue weighted by Gasteiger charge is -2.20. The predicted molar refractivity (Wildman–Crippen MR) is 101 cm³/mol. The predicted octanol–water partition coefficient (Wildman–Crippen LogP) is 3.08. The van der Waals surface area contributed by atoms with Crippen LogP contribution < -0.4 is 10.6 Å². The van der Waals surface area contributed by atoms with E-state index in [2.05, 4.69) is 25.8 Å². The molecule has 3 heterocycles. The lowest BCUT2D eigenvalue weighted by Crippen LogP contribution is -2.40. The van der Waals surface area contributed by atoms with Gasteiger partial charge in [0.25, 0.3) is 11.8 Å². The Balaban J connectivity index is 1.44. The van der Waals surface area contributed by atoms with Crippen LogP contribution in [0, 0.1) is 5.82 Å². The van der Waals surface area contributed by atoms with Crippen molar-refractivity contribution in [3.63, 3.8) is 0 Å². The van der Waals surface area contributed by atoms with Crippen molar-refractivity contribution in [1.82, 2.24) is 25.8 Å². The zero-order valence-electron chi connectivity index (χ0n) is 15.1. The van der Waals surface area contributed by atoms with Crippen LogP contribution in [0.25, 0.3) is 33.9 Å². The minimum atomic E-state index is -1.13. The first-order valence-corrected chi connectivity index (χ1v) is 8.79. The summed E-state index contributed by atoms with van der Waals surface area (Å²) in [5, 5.41) is 9.55. The summed E-state index contributed by atoms with van der Waals surface area (Å²) in [4.78, 5) is 31.0. The van der Waals surface area contributed by atoms with E-state index in [1.165, 1.54) is 12.1 Å². The number of carbonyl (C=O) groups is 2. The smallest absolute Gasteiger partial charge is 0.322 e. The van der Waals surface area contributed by atoms with Gasteiger partial charge in [0, 0.05) is 16.5 Å². The number of aromatic nitrogens is 3. The Bertz CT molecular complexity index is 1280. The van der Waals surface area contributed by atoms with Gasteiger partial charge in [0.05, 0.1) is 0 Å². The minimum absolute atomic E-state index is 0.273. The van der Waals surface area contributed by atoms with Crippen molar-refractivity contribution < 1.29 is 18.5 Å². The first kappa shape index (κ1) is 17.1. The number of H-pyrrole nitrogens is 1. The van der Waals surface area contributed by atoms with Crippen molar-refractivity contribution in [3.05, 3.63) is 59.9 Å². The third-order valence-electron chi connectivity index (χ3n) is 5.00. The number of nitrogens with zero attached hydrogens (tertiary/aromatic N) is 2. The fraction of sp³-hybridized carbons (Fsp3) is 0.100. The number of imide groups is 1. The molecule has 3 N–H and O–H groups in total. The number of nitrogens with one attached hydrogen (secondary N) is 3. The number of fused-ring (bicyclic) bond motifs is 1. The molecule has 1 saturated heterocycles. The molecule has 2 aromatic carbocycles. The number of carbonyl (C=O) groups excluding carboxylic acids is 2. The van der Waals surface area contributed by atoms with Crippen LogP contribution in [-0.2, 0) is 10.3 Å². The van der Waals surface area contributed by atoms with Crippen LogP contribution in [0.15, 0.2) is 53.1 Å². The van der Waals surface area contributed by atoms with Gasteiger partial charge in [-0.3, -0.25) is 10.1 Å². The van der Waals surface area contributed by atoms with E-state index in [0.717, 1.165) is 5.52 Å². The molecule has 144 valence electrons. The topological polar surface area (TPSA) is 113 Å². The number of benzene rings is 2. The SMILES string of the molecule is CC1(c2ccc(-c3noc(-c4cc5cc(F)ccc5[nH]4)n3)cc2)NC(=O)NC1=O. The average Bonchev–Trinajstić information content (AvgIpc) is 3.39. The molecule has 5 rings (SSSR count). The molecule has 1 aliphatic rings. The van der Waals surface area contributed by atoms with Gasteiger partial charge >= 0.3 is 6.03 Å². The Labute approximate surface area is 163 Å². The number of rotatable bonds is 3. The second-order valence-electron chi connectivity index (χ2n) is 6.95. The van der Waals surface area contributed by atoms with Crippen LogP contribution in [0.1, 0.15) is 12.5 Å². The highest BCUT2D eigenvalue weighted by molar-refractivity contribution is 6.07. The van der Waals surface area contributed by atoms with Gasteiger partial charge in [-0.25, -0.2) is 9.18 Å². The molecule has 0 radical (unpaired) electrons. The van der Waals surface area contributed by atoms with Gasteiger partial charge < -0.3 is 14.8 Å². The summed E-state index contributed by atoms with van der Waals surface area (Å²) >= 11 is 0. The van der Waals surface area contributed by atoms with Gasteiger partial charge in [0.1, 0.15) is 17.1 Å². The molecule has 0 aliphatic carbocycles. The quantitative estimate of drug-likeness (QED) is 0.465. The van der Waals surface area contributed by atoms with Crippen LogP contribution in [0.4, 0.5) is 9.18 Å². The van der Waals surface area contributed by atoms with E-state index in [-0.39, 0.29) is 11.7 Å². The van der Waals surface area contributed by atoms with Gasteiger partial charge in [0.2, 0.25) is 5.82 Å². The Kier molecular flexibility index (Phi) is 3.54. The number of hydrogen-bond acceptors (Lipinski definition) is 5. The molecule has 1 unspecified atom stereocenters. The standard InChI is InChI=1S/C20H14FN5O3/c1-20(18(27)24-19(28)25-20)12-4-2-10(3-5-12)16-23-17(29-26-16)15-9-11-8-13(21)6-7-14(11)22-15/h2-9,22H,1H3,(H2,24,25,27,28). The van der Waals surface area contributed by atoms with Gasteiger partial charge in [-0.15, -0.1) is 0 Å². The second kappa shape index (κ2) is 5.99. The fourth-order valence-corrected chi connectivity index (χ4v) is 3.37. The van der Waals surface area contributed by atoms with Crippen LogP contribution in [0.5, 0.6) is 0 Å². The molecule has 1 fully saturated rings. The largest absolute Gasteiger partial charge is 0.351 e. The highest BCUT2D eigenvalue weighted by Crippen LogP contribution is 2.28. The van der Waals surface area contributed by atoms with E-state index in [9.17, 15) is 14.0 Å². The molecule has 4 aromatic rings. The third kappa shape index (κ3) is 2.75. The number of hydrogen-bond donors (Lipinski definition) is 3. The number of urea groups is 1.